The van der Waals surface area contributed by atoms with Gasteiger partial charge in [-0.25, -0.2) is 0 Å². The molecule has 4 rings (SSSR count). The van der Waals surface area contributed by atoms with Crippen LogP contribution in [0, 0.1) is 0 Å². The average Bonchev–Trinajstić information content (AvgIpc) is 2.70. The zero-order valence-electron chi connectivity index (χ0n) is 16.4. The summed E-state index contributed by atoms with van der Waals surface area (Å²) in [7, 11) is 2.30. The lowest BCUT2D eigenvalue weighted by Crippen LogP contribution is -2.50. The highest BCUT2D eigenvalue weighted by Gasteiger charge is 2.42. The van der Waals surface area contributed by atoms with E-state index in [1.54, 1.807) is 0 Å². The van der Waals surface area contributed by atoms with Crippen molar-refractivity contribution in [1.29, 1.82) is 0 Å². The highest BCUT2D eigenvalue weighted by molar-refractivity contribution is 5.20. The molecule has 1 heterocycles. The van der Waals surface area contributed by atoms with Crippen molar-refractivity contribution in [3.63, 3.8) is 0 Å². The van der Waals surface area contributed by atoms with Crippen molar-refractivity contribution in [2.75, 3.05) is 20.2 Å². The smallest absolute Gasteiger partial charge is 0.168 e. The number of benzene rings is 1. The molecule has 2 aliphatic carbocycles. The molecule has 3 aliphatic rings. The fraction of sp³-hybridized carbons (Fsp3) is 0.739. The van der Waals surface area contributed by atoms with E-state index >= 15 is 0 Å². The van der Waals surface area contributed by atoms with Crippen LogP contribution >= 0.6 is 0 Å². The summed E-state index contributed by atoms with van der Waals surface area (Å²) in [4.78, 5) is 2.57. The van der Waals surface area contributed by atoms with Gasteiger partial charge >= 0.3 is 0 Å². The molecular weight excluding hydrogens is 322 g/mol. The highest BCUT2D eigenvalue weighted by atomic mass is 16.7. The van der Waals surface area contributed by atoms with Gasteiger partial charge in [0.25, 0.3) is 0 Å². The summed E-state index contributed by atoms with van der Waals surface area (Å²) in [5.41, 5.74) is 1.48. The third-order valence-corrected chi connectivity index (χ3v) is 6.89. The van der Waals surface area contributed by atoms with Crippen LogP contribution in [-0.2, 0) is 9.47 Å². The molecule has 1 aliphatic heterocycles. The Morgan fingerprint density at radius 3 is 2.42 bits per heavy atom. The molecule has 0 aromatic heterocycles. The van der Waals surface area contributed by atoms with Gasteiger partial charge in [0.15, 0.2) is 5.79 Å². The Morgan fingerprint density at radius 1 is 0.962 bits per heavy atom. The third kappa shape index (κ3) is 4.32. The number of hydrogen-bond acceptors (Lipinski definition) is 3. The van der Waals surface area contributed by atoms with E-state index in [4.69, 9.17) is 9.47 Å². The SMILES string of the molecule is CN(CC1CCOC2(CCC(c3ccccc3)CC2)O1)C1CCCCC1. The quantitative estimate of drug-likeness (QED) is 0.747. The fourth-order valence-corrected chi connectivity index (χ4v) is 5.27. The zero-order chi connectivity index (χ0) is 17.8. The summed E-state index contributed by atoms with van der Waals surface area (Å²) < 4.78 is 12.8. The Balaban J connectivity index is 1.31. The van der Waals surface area contributed by atoms with Crippen molar-refractivity contribution in [2.45, 2.75) is 88.1 Å². The molecular formula is C23H35NO2. The van der Waals surface area contributed by atoms with Gasteiger partial charge in [0.2, 0.25) is 0 Å². The molecule has 1 unspecified atom stereocenters. The van der Waals surface area contributed by atoms with Crippen LogP contribution in [0.1, 0.15) is 75.7 Å². The molecule has 0 amide bonds. The van der Waals surface area contributed by atoms with Crippen LogP contribution in [0.25, 0.3) is 0 Å². The van der Waals surface area contributed by atoms with Crippen LogP contribution in [0.4, 0.5) is 0 Å². The van der Waals surface area contributed by atoms with Gasteiger partial charge in [-0.15, -0.1) is 0 Å². The first-order chi connectivity index (χ1) is 12.7. The maximum Gasteiger partial charge on any atom is 0.168 e. The molecule has 26 heavy (non-hydrogen) atoms. The van der Waals surface area contributed by atoms with E-state index in [1.165, 1.54) is 50.5 Å². The fourth-order valence-electron chi connectivity index (χ4n) is 5.27. The summed E-state index contributed by atoms with van der Waals surface area (Å²) >= 11 is 0. The summed E-state index contributed by atoms with van der Waals surface area (Å²) in [6.07, 6.45) is 12.8. The molecule has 1 saturated heterocycles. The van der Waals surface area contributed by atoms with Crippen LogP contribution in [0.15, 0.2) is 30.3 Å². The highest BCUT2D eigenvalue weighted by Crippen LogP contribution is 2.43. The third-order valence-electron chi connectivity index (χ3n) is 6.89. The van der Waals surface area contributed by atoms with Gasteiger partial charge in [0.1, 0.15) is 0 Å². The topological polar surface area (TPSA) is 21.7 Å². The van der Waals surface area contributed by atoms with Crippen molar-refractivity contribution in [3.05, 3.63) is 35.9 Å². The lowest BCUT2D eigenvalue weighted by Gasteiger charge is -2.46. The van der Waals surface area contributed by atoms with Crippen LogP contribution in [0.2, 0.25) is 0 Å². The van der Waals surface area contributed by atoms with Crippen LogP contribution in [-0.4, -0.2) is 43.0 Å². The minimum absolute atomic E-state index is 0.304. The Kier molecular flexibility index (Phi) is 5.97. The van der Waals surface area contributed by atoms with Gasteiger partial charge < -0.3 is 14.4 Å². The lowest BCUT2D eigenvalue weighted by atomic mass is 9.80. The second-order valence-electron chi connectivity index (χ2n) is 8.70. The standard InChI is InChI=1S/C23H35NO2/c1-24(21-10-6-3-7-11-21)18-22-14-17-25-23(26-22)15-12-20(13-16-23)19-8-4-2-5-9-19/h2,4-5,8-9,20-22H,3,6-7,10-18H2,1H3. The van der Waals surface area contributed by atoms with Crippen LogP contribution in [0.5, 0.6) is 0 Å². The van der Waals surface area contributed by atoms with E-state index in [0.29, 0.717) is 12.0 Å². The van der Waals surface area contributed by atoms with Gasteiger partial charge in [-0.1, -0.05) is 49.6 Å². The van der Waals surface area contributed by atoms with E-state index in [1.807, 2.05) is 0 Å². The molecule has 3 nitrogen and oxygen atoms in total. The Bertz CT molecular complexity index is 547. The molecule has 3 fully saturated rings. The minimum atomic E-state index is -0.304. The van der Waals surface area contributed by atoms with Crippen LogP contribution in [0.3, 0.4) is 0 Å². The summed E-state index contributed by atoms with van der Waals surface area (Å²) in [6, 6.07) is 11.7. The first-order valence-electron chi connectivity index (χ1n) is 10.8. The molecule has 144 valence electrons. The molecule has 1 spiro atoms. The van der Waals surface area contributed by atoms with Gasteiger partial charge in [-0.05, 0) is 50.6 Å². The number of rotatable bonds is 4. The van der Waals surface area contributed by atoms with Crippen molar-refractivity contribution >= 4 is 0 Å². The van der Waals surface area contributed by atoms with E-state index in [2.05, 4.69) is 42.3 Å². The summed E-state index contributed by atoms with van der Waals surface area (Å²) in [5, 5.41) is 0. The summed E-state index contributed by atoms with van der Waals surface area (Å²) in [6.45, 7) is 1.93. The van der Waals surface area contributed by atoms with E-state index < -0.39 is 0 Å². The second-order valence-corrected chi connectivity index (χ2v) is 8.70. The molecule has 0 N–H and O–H groups in total. The van der Waals surface area contributed by atoms with Gasteiger partial charge in [0.05, 0.1) is 12.7 Å². The average molecular weight is 358 g/mol. The zero-order valence-corrected chi connectivity index (χ0v) is 16.4. The summed E-state index contributed by atoms with van der Waals surface area (Å²) in [5.74, 6) is 0.362. The predicted molar refractivity (Wildman–Crippen MR) is 105 cm³/mol. The molecule has 3 heteroatoms. The maximum absolute atomic E-state index is 6.60. The molecule has 0 bridgehead atoms. The Hall–Kier alpha value is -0.900. The second kappa shape index (κ2) is 8.41. The first-order valence-corrected chi connectivity index (χ1v) is 10.8. The molecule has 1 aromatic rings. The van der Waals surface area contributed by atoms with Crippen LogP contribution < -0.4 is 0 Å². The van der Waals surface area contributed by atoms with Gasteiger partial charge in [-0.2, -0.15) is 0 Å². The number of ether oxygens (including phenoxy) is 2. The van der Waals surface area contributed by atoms with E-state index in [9.17, 15) is 0 Å². The maximum atomic E-state index is 6.60. The monoisotopic (exact) mass is 357 g/mol. The molecule has 2 saturated carbocycles. The Morgan fingerprint density at radius 2 is 1.69 bits per heavy atom. The largest absolute Gasteiger partial charge is 0.350 e. The minimum Gasteiger partial charge on any atom is -0.350 e. The van der Waals surface area contributed by atoms with E-state index in [-0.39, 0.29) is 5.79 Å². The van der Waals surface area contributed by atoms with Gasteiger partial charge in [-0.3, -0.25) is 0 Å². The normalized spacial score (nSPS) is 33.6. The predicted octanol–water partition coefficient (Wildman–Crippen LogP) is 5.11. The molecule has 1 atom stereocenters. The first kappa shape index (κ1) is 18.5. The van der Waals surface area contributed by atoms with Crippen molar-refractivity contribution < 1.29 is 9.47 Å². The molecule has 1 aromatic carbocycles. The Labute approximate surface area is 159 Å². The van der Waals surface area contributed by atoms with Crippen molar-refractivity contribution in [1.82, 2.24) is 4.90 Å². The molecule has 0 radical (unpaired) electrons. The van der Waals surface area contributed by atoms with Crippen molar-refractivity contribution in [2.24, 2.45) is 0 Å². The number of likely N-dealkylation sites (N-methyl/N-ethyl adjacent to an activating group) is 1. The number of nitrogens with zero attached hydrogens (tertiary/aromatic N) is 1. The number of hydrogen-bond donors (Lipinski definition) is 0. The van der Waals surface area contributed by atoms with Crippen molar-refractivity contribution in [3.8, 4) is 0 Å². The van der Waals surface area contributed by atoms with Gasteiger partial charge in [0, 0.05) is 25.4 Å². The lowest BCUT2D eigenvalue weighted by molar-refractivity contribution is -0.307. The van der Waals surface area contributed by atoms with E-state index in [0.717, 1.165) is 38.5 Å².